The van der Waals surface area contributed by atoms with E-state index in [-0.39, 0.29) is 11.8 Å². The highest BCUT2D eigenvalue weighted by Gasteiger charge is 2.54. The number of carboxylic acid groups (broad SMARTS) is 1. The van der Waals surface area contributed by atoms with Crippen molar-refractivity contribution >= 4 is 11.9 Å². The van der Waals surface area contributed by atoms with Crippen molar-refractivity contribution in [2.75, 3.05) is 35.0 Å². The van der Waals surface area contributed by atoms with E-state index in [9.17, 15) is 14.7 Å². The van der Waals surface area contributed by atoms with Crippen molar-refractivity contribution in [3.8, 4) is 17.2 Å². The Labute approximate surface area is 202 Å². The number of hydrogen-bond acceptors (Lipinski definition) is 6. The van der Waals surface area contributed by atoms with Crippen molar-refractivity contribution in [2.24, 2.45) is 5.92 Å². The van der Waals surface area contributed by atoms with Crippen molar-refractivity contribution in [1.29, 1.82) is 0 Å². The molecule has 2 aliphatic rings. The minimum absolute atomic E-state index is 0.107. The van der Waals surface area contributed by atoms with Gasteiger partial charge in [-0.15, -0.1) is 0 Å². The zero-order valence-electron chi connectivity index (χ0n) is 21.1. The Hall–Kier alpha value is -2.48. The average molecular weight is 478 g/mol. The zero-order valence-corrected chi connectivity index (χ0v) is 21.1. The number of carbonyl (C=O) groups excluding carboxylic acids is 1. The molecule has 1 aromatic carbocycles. The number of nitrogens with zero attached hydrogens (tertiary/aromatic N) is 1. The molecule has 0 spiro atoms. The molecule has 1 heterocycles. The van der Waals surface area contributed by atoms with E-state index in [1.54, 1.807) is 33.2 Å². The van der Waals surface area contributed by atoms with E-state index in [1.165, 1.54) is 7.11 Å². The lowest BCUT2D eigenvalue weighted by Gasteiger charge is -2.48. The molecule has 8 heteroatoms. The lowest BCUT2D eigenvalue weighted by Crippen LogP contribution is -2.66. The molecule has 1 aromatic rings. The molecule has 0 radical (unpaired) electrons. The molecule has 2 fully saturated rings. The summed E-state index contributed by atoms with van der Waals surface area (Å²) in [5.74, 6) is -0.133. The van der Waals surface area contributed by atoms with Crippen LogP contribution in [-0.4, -0.2) is 68.5 Å². The second kappa shape index (κ2) is 11.3. The van der Waals surface area contributed by atoms with Crippen LogP contribution < -0.4 is 14.2 Å². The topological polar surface area (TPSA) is 94.5 Å². The number of aliphatic carboxylic acids is 1. The highest BCUT2D eigenvalue weighted by Crippen LogP contribution is 2.46. The Bertz CT molecular complexity index is 842. The number of carbonyl (C=O) groups is 2. The Kier molecular flexibility index (Phi) is 8.68. The highest BCUT2D eigenvalue weighted by molar-refractivity contribution is 5.92. The standard InChI is InChI=1S/C26H39NO7/c1-17(31-2)26(25(29)30)13-9-10-14-27(26)24(28)22(18-11-7-6-8-12-18)19-15-20(32-3)23(34-5)21(16-19)33-4/h15-18,22H,6-14H2,1-5H3,(H,29,30)/t17?,22-,26-/m0/s1. The molecule has 34 heavy (non-hydrogen) atoms. The summed E-state index contributed by atoms with van der Waals surface area (Å²) >= 11 is 0. The molecule has 3 atom stereocenters. The molecule has 0 aromatic heterocycles. The van der Waals surface area contributed by atoms with Crippen molar-refractivity contribution in [1.82, 2.24) is 4.90 Å². The molecular formula is C26H39NO7. The van der Waals surface area contributed by atoms with Gasteiger partial charge in [-0.2, -0.15) is 0 Å². The van der Waals surface area contributed by atoms with E-state index >= 15 is 0 Å². The first kappa shape index (κ1) is 26.1. The molecule has 1 unspecified atom stereocenters. The maximum Gasteiger partial charge on any atom is 0.332 e. The van der Waals surface area contributed by atoms with Crippen LogP contribution in [-0.2, 0) is 14.3 Å². The van der Waals surface area contributed by atoms with Gasteiger partial charge in [0.05, 0.1) is 33.4 Å². The fourth-order valence-electron chi connectivity index (χ4n) is 5.85. The van der Waals surface area contributed by atoms with Gasteiger partial charge in [0.1, 0.15) is 0 Å². The van der Waals surface area contributed by atoms with E-state index in [2.05, 4.69) is 0 Å². The monoisotopic (exact) mass is 477 g/mol. The van der Waals surface area contributed by atoms with Crippen molar-refractivity contribution < 1.29 is 33.6 Å². The summed E-state index contributed by atoms with van der Waals surface area (Å²) in [4.78, 5) is 28.7. The van der Waals surface area contributed by atoms with Crippen LogP contribution in [0.4, 0.5) is 0 Å². The lowest BCUT2D eigenvalue weighted by molar-refractivity contribution is -0.175. The van der Waals surface area contributed by atoms with E-state index in [4.69, 9.17) is 18.9 Å². The molecule has 1 N–H and O–H groups in total. The number of likely N-dealkylation sites (tertiary alicyclic amines) is 1. The summed E-state index contributed by atoms with van der Waals surface area (Å²) in [6, 6.07) is 3.68. The third kappa shape index (κ3) is 4.69. The largest absolute Gasteiger partial charge is 0.493 e. The van der Waals surface area contributed by atoms with Crippen LogP contribution in [0.1, 0.15) is 69.8 Å². The molecule has 1 saturated carbocycles. The summed E-state index contributed by atoms with van der Waals surface area (Å²) < 4.78 is 22.2. The fraction of sp³-hybridized carbons (Fsp3) is 0.692. The quantitative estimate of drug-likeness (QED) is 0.568. The molecule has 1 saturated heterocycles. The maximum absolute atomic E-state index is 14.4. The minimum Gasteiger partial charge on any atom is -0.493 e. The molecule has 190 valence electrons. The van der Waals surface area contributed by atoms with Crippen molar-refractivity contribution in [3.63, 3.8) is 0 Å². The Morgan fingerprint density at radius 2 is 1.59 bits per heavy atom. The second-order valence-corrected chi connectivity index (χ2v) is 9.39. The van der Waals surface area contributed by atoms with Gasteiger partial charge in [0, 0.05) is 13.7 Å². The molecule has 1 aliphatic heterocycles. The van der Waals surface area contributed by atoms with Crippen LogP contribution in [0.5, 0.6) is 17.2 Å². The first-order chi connectivity index (χ1) is 16.3. The lowest BCUT2D eigenvalue weighted by atomic mass is 9.74. The van der Waals surface area contributed by atoms with Crippen LogP contribution >= 0.6 is 0 Å². The number of benzene rings is 1. The summed E-state index contributed by atoms with van der Waals surface area (Å²) in [5.41, 5.74) is -0.626. The van der Waals surface area contributed by atoms with E-state index in [1.807, 2.05) is 12.1 Å². The number of amides is 1. The summed E-state index contributed by atoms with van der Waals surface area (Å²) in [7, 11) is 6.16. The number of methoxy groups -OCH3 is 4. The van der Waals surface area contributed by atoms with Crippen LogP contribution in [0.3, 0.4) is 0 Å². The summed E-state index contributed by atoms with van der Waals surface area (Å²) in [6.45, 7) is 2.14. The number of rotatable bonds is 9. The van der Waals surface area contributed by atoms with Crippen LogP contribution in [0.15, 0.2) is 12.1 Å². The zero-order chi connectivity index (χ0) is 24.9. The first-order valence-electron chi connectivity index (χ1n) is 12.2. The molecule has 8 nitrogen and oxygen atoms in total. The third-order valence-corrected chi connectivity index (χ3v) is 7.77. The number of ether oxygens (including phenoxy) is 4. The highest BCUT2D eigenvalue weighted by atomic mass is 16.5. The summed E-state index contributed by atoms with van der Waals surface area (Å²) in [6.07, 6.45) is 6.33. The first-order valence-corrected chi connectivity index (χ1v) is 12.2. The fourth-order valence-corrected chi connectivity index (χ4v) is 5.85. The maximum atomic E-state index is 14.4. The van der Waals surface area contributed by atoms with Gasteiger partial charge in [0.15, 0.2) is 17.0 Å². The van der Waals surface area contributed by atoms with Crippen LogP contribution in [0.25, 0.3) is 0 Å². The Morgan fingerprint density at radius 1 is 0.971 bits per heavy atom. The molecule has 0 bridgehead atoms. The second-order valence-electron chi connectivity index (χ2n) is 9.39. The smallest absolute Gasteiger partial charge is 0.332 e. The average Bonchev–Trinajstić information content (AvgIpc) is 2.87. The van der Waals surface area contributed by atoms with Gasteiger partial charge >= 0.3 is 5.97 Å². The Morgan fingerprint density at radius 3 is 2.09 bits per heavy atom. The van der Waals surface area contributed by atoms with Gasteiger partial charge in [-0.05, 0) is 62.6 Å². The SMILES string of the molecule is COc1cc([C@@H](C(=O)N2CCCC[C@@]2(C(=O)O)C(C)OC)C2CCCCC2)cc(OC)c1OC. The minimum atomic E-state index is -1.39. The molecule has 3 rings (SSSR count). The van der Waals surface area contributed by atoms with Crippen molar-refractivity contribution in [3.05, 3.63) is 17.7 Å². The van der Waals surface area contributed by atoms with E-state index in [0.29, 0.717) is 30.2 Å². The Balaban J connectivity index is 2.14. The molecule has 1 amide bonds. The van der Waals surface area contributed by atoms with Crippen LogP contribution in [0.2, 0.25) is 0 Å². The normalized spacial score (nSPS) is 23.1. The number of carboxylic acids is 1. The molecular weight excluding hydrogens is 438 g/mol. The predicted molar refractivity (Wildman–Crippen MR) is 128 cm³/mol. The third-order valence-electron chi connectivity index (χ3n) is 7.77. The number of hydrogen-bond donors (Lipinski definition) is 1. The van der Waals surface area contributed by atoms with E-state index < -0.39 is 23.5 Å². The van der Waals surface area contributed by atoms with Gasteiger partial charge in [-0.1, -0.05) is 19.3 Å². The number of piperidine rings is 1. The van der Waals surface area contributed by atoms with Crippen molar-refractivity contribution in [2.45, 2.75) is 75.9 Å². The van der Waals surface area contributed by atoms with Gasteiger partial charge in [0.25, 0.3) is 0 Å². The molecule has 1 aliphatic carbocycles. The van der Waals surface area contributed by atoms with Gasteiger partial charge in [0.2, 0.25) is 11.7 Å². The predicted octanol–water partition coefficient (Wildman–Crippen LogP) is 4.25. The van der Waals surface area contributed by atoms with E-state index in [0.717, 1.165) is 50.5 Å². The van der Waals surface area contributed by atoms with Crippen LogP contribution in [0, 0.1) is 5.92 Å². The summed E-state index contributed by atoms with van der Waals surface area (Å²) in [5, 5.41) is 10.4. The van der Waals surface area contributed by atoms with Gasteiger partial charge in [-0.3, -0.25) is 4.79 Å². The van der Waals surface area contributed by atoms with Gasteiger partial charge in [-0.25, -0.2) is 4.79 Å². The van der Waals surface area contributed by atoms with Gasteiger partial charge < -0.3 is 29.0 Å².